The van der Waals surface area contributed by atoms with Gasteiger partial charge in [0.15, 0.2) is 11.6 Å². The molecule has 0 radical (unpaired) electrons. The van der Waals surface area contributed by atoms with Gasteiger partial charge in [-0.05, 0) is 88.5 Å². The highest BCUT2D eigenvalue weighted by atomic mass is 28.3. The van der Waals surface area contributed by atoms with Crippen molar-refractivity contribution in [1.29, 1.82) is 0 Å². The summed E-state index contributed by atoms with van der Waals surface area (Å²) in [5.41, 5.74) is 24.9. The van der Waals surface area contributed by atoms with E-state index in [2.05, 4.69) is 203 Å². The molecule has 322 valence electrons. The largest absolute Gasteiger partial charge is 0.289 e. The summed E-state index contributed by atoms with van der Waals surface area (Å²) in [4.78, 5) is 32.3. The summed E-state index contributed by atoms with van der Waals surface area (Å²) in [5.74, 6) is 6.68. The van der Waals surface area contributed by atoms with Crippen molar-refractivity contribution in [2.45, 2.75) is 140 Å². The molecule has 12 rings (SSSR count). The Morgan fingerprint density at radius 3 is 0.859 bits per heavy atom. The summed E-state index contributed by atoms with van der Waals surface area (Å²) in [7, 11) is -4.42. The van der Waals surface area contributed by atoms with Crippen LogP contribution in [-0.2, 0) is 9.59 Å². The highest BCUT2D eigenvalue weighted by Gasteiger charge is 2.58. The molecule has 64 heavy (non-hydrogen) atoms. The number of carbonyl (C=O) groups is 2. The van der Waals surface area contributed by atoms with Crippen LogP contribution in [0.5, 0.6) is 0 Å². The lowest BCUT2D eigenvalue weighted by molar-refractivity contribution is -0.117. The van der Waals surface area contributed by atoms with Gasteiger partial charge in [-0.2, -0.15) is 0 Å². The third-order valence-electron chi connectivity index (χ3n) is 17.0. The summed E-state index contributed by atoms with van der Waals surface area (Å²) in [6.07, 6.45) is 0. The molecule has 4 bridgehead atoms. The summed E-state index contributed by atoms with van der Waals surface area (Å²) >= 11 is 0. The zero-order valence-corrected chi connectivity index (χ0v) is 41.8. The lowest BCUT2D eigenvalue weighted by Crippen LogP contribution is -2.44. The van der Waals surface area contributed by atoms with Crippen molar-refractivity contribution < 1.29 is 9.59 Å². The number of fused-ring (bicyclic) bond motifs is 1. The number of rotatable bonds is 6. The summed E-state index contributed by atoms with van der Waals surface area (Å²) in [5, 5.41) is 2.20. The van der Waals surface area contributed by atoms with Crippen LogP contribution in [0.1, 0.15) is 162 Å². The van der Waals surface area contributed by atoms with Gasteiger partial charge in [-0.1, -0.05) is 192 Å². The molecule has 2 nitrogen and oxygen atoms in total. The fourth-order valence-corrected chi connectivity index (χ4v) is 24.9. The number of allylic oxidation sites excluding steroid dienone is 4. The van der Waals surface area contributed by atoms with Crippen molar-refractivity contribution in [1.82, 2.24) is 0 Å². The van der Waals surface area contributed by atoms with Crippen molar-refractivity contribution in [2.24, 2.45) is 0 Å². The summed E-state index contributed by atoms with van der Waals surface area (Å²) < 4.78 is 0. The molecule has 2 unspecified atom stereocenters. The number of hydrogen-bond donors (Lipinski definition) is 0. The Balaban J connectivity index is 1.33. The van der Waals surface area contributed by atoms with Crippen molar-refractivity contribution >= 4 is 38.5 Å². The van der Waals surface area contributed by atoms with E-state index in [0.29, 0.717) is 55.5 Å². The molecule has 0 heterocycles. The molecule has 5 aromatic rings. The molecular formula is C60H62O2Si2. The third kappa shape index (κ3) is 5.52. The SMILES string of the molecule is CC(C)[Si](C#Cc1c2c(c(C#C[Si](C(C)C)(C(C)C)C(C)C)c3ccccc13)C1C3=C(C(=O)C4=C(C3=O)C3c5ccccc5C4c4ccccc43)C2c2ccccc21)(C(C)C)C(C)C. The Hall–Kier alpha value is -5.27. The first-order valence-corrected chi connectivity index (χ1v) is 28.6. The zero-order valence-electron chi connectivity index (χ0n) is 39.8. The van der Waals surface area contributed by atoms with E-state index in [0.717, 1.165) is 66.4 Å². The van der Waals surface area contributed by atoms with E-state index in [9.17, 15) is 0 Å². The van der Waals surface area contributed by atoms with Crippen LogP contribution in [0.15, 0.2) is 119 Å². The first-order chi connectivity index (χ1) is 30.6. The molecule has 4 heteroatoms. The highest BCUT2D eigenvalue weighted by Crippen LogP contribution is 2.65. The van der Waals surface area contributed by atoms with E-state index < -0.39 is 28.0 Å². The monoisotopic (exact) mass is 870 g/mol. The van der Waals surface area contributed by atoms with Gasteiger partial charge in [-0.25, -0.2) is 0 Å². The fourth-order valence-electron chi connectivity index (χ4n) is 14.5. The van der Waals surface area contributed by atoms with Crippen LogP contribution in [0.25, 0.3) is 10.8 Å². The van der Waals surface area contributed by atoms with Gasteiger partial charge in [-0.15, -0.1) is 11.1 Å². The minimum atomic E-state index is -2.21. The van der Waals surface area contributed by atoms with E-state index in [1.807, 2.05) is 0 Å². The molecule has 0 spiro atoms. The van der Waals surface area contributed by atoms with Gasteiger partial charge in [-0.3, -0.25) is 9.59 Å². The third-order valence-corrected chi connectivity index (χ3v) is 29.6. The van der Waals surface area contributed by atoms with Crippen LogP contribution in [0.3, 0.4) is 0 Å². The van der Waals surface area contributed by atoms with Crippen LogP contribution in [0, 0.1) is 22.9 Å². The first-order valence-electron chi connectivity index (χ1n) is 24.1. The Labute approximate surface area is 384 Å². The van der Waals surface area contributed by atoms with Crippen molar-refractivity contribution in [3.8, 4) is 22.9 Å². The van der Waals surface area contributed by atoms with Crippen molar-refractivity contribution in [3.05, 3.63) is 175 Å². The molecule has 0 aliphatic heterocycles. The van der Waals surface area contributed by atoms with Crippen LogP contribution >= 0.6 is 0 Å². The maximum atomic E-state index is 16.2. The van der Waals surface area contributed by atoms with Gasteiger partial charge in [0.25, 0.3) is 0 Å². The molecule has 0 saturated carbocycles. The predicted molar refractivity (Wildman–Crippen MR) is 271 cm³/mol. The average Bonchev–Trinajstić information content (AvgIpc) is 3.27. The topological polar surface area (TPSA) is 34.1 Å². The maximum absolute atomic E-state index is 16.2. The second-order valence-electron chi connectivity index (χ2n) is 21.3. The smallest absolute Gasteiger partial charge is 0.187 e. The Morgan fingerprint density at radius 1 is 0.359 bits per heavy atom. The minimum Gasteiger partial charge on any atom is -0.289 e. The molecule has 0 aromatic heterocycles. The van der Waals surface area contributed by atoms with Crippen LogP contribution in [0.2, 0.25) is 33.2 Å². The highest BCUT2D eigenvalue weighted by molar-refractivity contribution is 6.91. The van der Waals surface area contributed by atoms with E-state index in [4.69, 9.17) is 0 Å². The van der Waals surface area contributed by atoms with Gasteiger partial charge >= 0.3 is 0 Å². The molecule has 7 aliphatic rings. The number of carbonyl (C=O) groups excluding carboxylic acids is 2. The molecule has 7 aliphatic carbocycles. The maximum Gasteiger partial charge on any atom is 0.187 e. The Morgan fingerprint density at radius 2 is 0.594 bits per heavy atom. The second-order valence-corrected chi connectivity index (χ2v) is 32.5. The quantitative estimate of drug-likeness (QED) is 0.0968. The number of ketones is 2. The molecule has 5 aromatic carbocycles. The van der Waals surface area contributed by atoms with Gasteiger partial charge in [0.05, 0.1) is 0 Å². The predicted octanol–water partition coefficient (Wildman–Crippen LogP) is 14.6. The van der Waals surface area contributed by atoms with Gasteiger partial charge in [0, 0.05) is 57.1 Å². The molecule has 0 fully saturated rings. The van der Waals surface area contributed by atoms with Gasteiger partial charge < -0.3 is 0 Å². The number of benzene rings is 5. The van der Waals surface area contributed by atoms with Crippen molar-refractivity contribution in [3.63, 3.8) is 0 Å². The number of hydrogen-bond acceptors (Lipinski definition) is 2. The van der Waals surface area contributed by atoms with E-state index in [1.54, 1.807) is 0 Å². The number of Topliss-reactive ketones (excluding diaryl/α,β-unsaturated/α-hetero) is 2. The Bertz CT molecular complexity index is 2760. The summed E-state index contributed by atoms with van der Waals surface area (Å²) in [6, 6.07) is 34.5. The first kappa shape index (κ1) is 42.7. The Kier molecular flexibility index (Phi) is 10.1. The molecule has 0 saturated heterocycles. The zero-order chi connectivity index (χ0) is 45.3. The van der Waals surface area contributed by atoms with Crippen molar-refractivity contribution in [2.75, 3.05) is 0 Å². The lowest BCUT2D eigenvalue weighted by atomic mass is 9.51. The van der Waals surface area contributed by atoms with Crippen LogP contribution < -0.4 is 0 Å². The van der Waals surface area contributed by atoms with E-state index >= 15 is 9.59 Å². The van der Waals surface area contributed by atoms with Crippen LogP contribution in [0.4, 0.5) is 0 Å². The van der Waals surface area contributed by atoms with Crippen LogP contribution in [-0.4, -0.2) is 27.7 Å². The van der Waals surface area contributed by atoms with Gasteiger partial charge in [0.1, 0.15) is 16.1 Å². The lowest BCUT2D eigenvalue weighted by Gasteiger charge is -2.50. The van der Waals surface area contributed by atoms with Gasteiger partial charge in [0.2, 0.25) is 0 Å². The molecule has 0 N–H and O–H groups in total. The fraction of sp³-hybridized carbons (Fsp3) is 0.367. The molecule has 2 atom stereocenters. The standard InChI is InChI=1S/C60H62O2Si2/c1-33(2)63(34(3)4,35(5)6)31-29-47-39-21-13-14-22-40(39)48(30-32-64(36(7)8,37(9)10)38(11)12)52-51(47)53-45-27-19-20-28-46(45)54(52)58-57(53)59(61)55-49-41-23-15-17-25-43(41)50(56(55)60(58)62)44-26-18-16-24-42(44)49/h13-28,33-38,49-50,53-54H,1-12H3. The van der Waals surface area contributed by atoms with E-state index in [-0.39, 0.29) is 23.4 Å². The second kappa shape index (κ2) is 15.2. The minimum absolute atomic E-state index is 0.0413. The normalized spacial score (nSPS) is 20.4. The summed E-state index contributed by atoms with van der Waals surface area (Å²) in [6.45, 7) is 28.5. The molecular weight excluding hydrogens is 809 g/mol. The average molecular weight is 871 g/mol. The van der Waals surface area contributed by atoms with E-state index in [1.165, 1.54) is 0 Å². The molecule has 0 amide bonds.